The number of carbonyl (C=O) groups is 3. The molecule has 1 heterocycles. The van der Waals surface area contributed by atoms with Crippen molar-refractivity contribution in [3.63, 3.8) is 0 Å². The number of rotatable bonds is 6. The highest BCUT2D eigenvalue weighted by molar-refractivity contribution is 6.39. The van der Waals surface area contributed by atoms with Crippen molar-refractivity contribution in [3.05, 3.63) is 48.0 Å². The summed E-state index contributed by atoms with van der Waals surface area (Å²) < 4.78 is 0. The Morgan fingerprint density at radius 3 is 2.63 bits per heavy atom. The first-order valence-corrected chi connectivity index (χ1v) is 8.77. The van der Waals surface area contributed by atoms with Gasteiger partial charge in [-0.3, -0.25) is 14.4 Å². The first-order valence-electron chi connectivity index (χ1n) is 8.77. The summed E-state index contributed by atoms with van der Waals surface area (Å²) in [5.41, 5.74) is 1.14. The second-order valence-corrected chi connectivity index (χ2v) is 6.59. The largest absolute Gasteiger partial charge is 0.481 e. The number of nitrogens with zero attached hydrogens (tertiary/aromatic N) is 2. The van der Waals surface area contributed by atoms with Gasteiger partial charge in [0.2, 0.25) is 5.91 Å². The van der Waals surface area contributed by atoms with E-state index in [1.54, 1.807) is 0 Å². The lowest BCUT2D eigenvalue weighted by atomic mass is 9.97. The van der Waals surface area contributed by atoms with Gasteiger partial charge in [0, 0.05) is 26.4 Å². The fourth-order valence-corrected chi connectivity index (χ4v) is 3.05. The Kier molecular flexibility index (Phi) is 5.49. The second-order valence-electron chi connectivity index (χ2n) is 6.59. The molecular weight excluding hydrogens is 346 g/mol. The lowest BCUT2D eigenvalue weighted by Gasteiger charge is -2.20. The molecule has 0 fully saturated rings. The number of hydrogen-bond acceptors (Lipinski definition) is 4. The molecule has 7 nitrogen and oxygen atoms in total. The van der Waals surface area contributed by atoms with E-state index in [0.717, 1.165) is 21.3 Å². The molecule has 2 aromatic carbocycles. The highest BCUT2D eigenvalue weighted by Crippen LogP contribution is 2.18. The molecule has 7 heteroatoms. The maximum absolute atomic E-state index is 12.2. The first-order chi connectivity index (χ1) is 12.9. The zero-order chi connectivity index (χ0) is 19.4. The van der Waals surface area contributed by atoms with E-state index in [0.29, 0.717) is 6.42 Å². The highest BCUT2D eigenvalue weighted by Gasteiger charge is 2.24. The molecule has 3 rings (SSSR count). The van der Waals surface area contributed by atoms with Crippen molar-refractivity contribution < 1.29 is 19.5 Å². The van der Waals surface area contributed by atoms with E-state index >= 15 is 0 Å². The fourth-order valence-electron chi connectivity index (χ4n) is 3.05. The van der Waals surface area contributed by atoms with Crippen LogP contribution in [0.2, 0.25) is 0 Å². The first kappa shape index (κ1) is 18.6. The molecule has 1 unspecified atom stereocenters. The van der Waals surface area contributed by atoms with Gasteiger partial charge in [0.05, 0.1) is 5.92 Å². The van der Waals surface area contributed by atoms with Gasteiger partial charge in [-0.05, 0) is 22.8 Å². The molecule has 0 saturated carbocycles. The predicted molar refractivity (Wildman–Crippen MR) is 101 cm³/mol. The Morgan fingerprint density at radius 2 is 1.93 bits per heavy atom. The average molecular weight is 367 g/mol. The number of amides is 2. The molecule has 1 aliphatic heterocycles. The molecule has 0 aliphatic carbocycles. The van der Waals surface area contributed by atoms with E-state index in [2.05, 4.69) is 10.4 Å². The van der Waals surface area contributed by atoms with Crippen LogP contribution >= 0.6 is 0 Å². The van der Waals surface area contributed by atoms with Gasteiger partial charge >= 0.3 is 5.97 Å². The Hall–Kier alpha value is -3.22. The molecule has 0 saturated heterocycles. The second kappa shape index (κ2) is 7.99. The van der Waals surface area contributed by atoms with Crippen molar-refractivity contribution in [1.29, 1.82) is 0 Å². The summed E-state index contributed by atoms with van der Waals surface area (Å²) in [5.74, 6) is -2.30. The summed E-state index contributed by atoms with van der Waals surface area (Å²) in [6.07, 6.45) is 0.797. The van der Waals surface area contributed by atoms with Crippen LogP contribution in [-0.2, 0) is 20.8 Å². The summed E-state index contributed by atoms with van der Waals surface area (Å²) in [6, 6.07) is 13.7. The van der Waals surface area contributed by atoms with Crippen molar-refractivity contribution >= 4 is 34.3 Å². The number of nitrogens with one attached hydrogen (secondary N) is 1. The van der Waals surface area contributed by atoms with Crippen LogP contribution in [0.1, 0.15) is 18.4 Å². The maximum atomic E-state index is 12.2. The lowest BCUT2D eigenvalue weighted by molar-refractivity contribution is -0.141. The van der Waals surface area contributed by atoms with E-state index in [4.69, 9.17) is 0 Å². The van der Waals surface area contributed by atoms with Crippen LogP contribution in [-0.4, -0.2) is 47.2 Å². The zero-order valence-electron chi connectivity index (χ0n) is 15.0. The monoisotopic (exact) mass is 367 g/mol. The Labute approximate surface area is 156 Å². The van der Waals surface area contributed by atoms with Gasteiger partial charge in [-0.2, -0.15) is 5.10 Å². The van der Waals surface area contributed by atoms with Crippen molar-refractivity contribution in [2.24, 2.45) is 11.0 Å². The maximum Gasteiger partial charge on any atom is 0.308 e. The molecule has 2 amide bonds. The molecular formula is C20H21N3O4. The minimum Gasteiger partial charge on any atom is -0.481 e. The van der Waals surface area contributed by atoms with Crippen LogP contribution in [0.3, 0.4) is 0 Å². The summed E-state index contributed by atoms with van der Waals surface area (Å²) in [5, 5.41) is 19.4. The van der Waals surface area contributed by atoms with Crippen LogP contribution < -0.4 is 5.32 Å². The predicted octanol–water partition coefficient (Wildman–Crippen LogP) is 1.81. The van der Waals surface area contributed by atoms with Crippen LogP contribution in [0.5, 0.6) is 0 Å². The quantitative estimate of drug-likeness (QED) is 0.813. The molecule has 27 heavy (non-hydrogen) atoms. The third kappa shape index (κ3) is 4.49. The Morgan fingerprint density at radius 1 is 1.19 bits per heavy atom. The third-order valence-corrected chi connectivity index (χ3v) is 4.62. The minimum atomic E-state index is -0.971. The number of carboxylic acid groups (broad SMARTS) is 1. The van der Waals surface area contributed by atoms with Gasteiger partial charge in [0.15, 0.2) is 0 Å². The number of benzene rings is 2. The lowest BCUT2D eigenvalue weighted by Crippen LogP contribution is -2.41. The molecule has 0 bridgehead atoms. The molecule has 0 radical (unpaired) electrons. The van der Waals surface area contributed by atoms with Crippen molar-refractivity contribution in [1.82, 2.24) is 10.3 Å². The van der Waals surface area contributed by atoms with E-state index in [-0.39, 0.29) is 31.0 Å². The summed E-state index contributed by atoms with van der Waals surface area (Å²) in [7, 11) is 1.49. The average Bonchev–Trinajstić information content (AvgIpc) is 2.66. The standard InChI is InChI=1S/C20H21N3O4/c1-23-18(24)9-8-17(22-23)19(25)21-12-16(20(26)27)11-13-6-7-14-4-2-3-5-15(14)10-13/h2-7,10,16H,8-9,11-12H2,1H3,(H,21,25)(H,26,27). The van der Waals surface area contributed by atoms with Gasteiger partial charge in [-0.1, -0.05) is 42.5 Å². The summed E-state index contributed by atoms with van der Waals surface area (Å²) in [6.45, 7) is -0.00231. The molecule has 1 aliphatic rings. The van der Waals surface area contributed by atoms with Gasteiger partial charge in [-0.25, -0.2) is 5.01 Å². The van der Waals surface area contributed by atoms with Gasteiger partial charge in [0.1, 0.15) is 5.71 Å². The summed E-state index contributed by atoms with van der Waals surface area (Å²) in [4.78, 5) is 35.3. The molecule has 2 aromatic rings. The van der Waals surface area contributed by atoms with Gasteiger partial charge < -0.3 is 10.4 Å². The van der Waals surface area contributed by atoms with E-state index in [1.807, 2.05) is 42.5 Å². The topological polar surface area (TPSA) is 99.1 Å². The van der Waals surface area contributed by atoms with Crippen LogP contribution in [0.15, 0.2) is 47.6 Å². The van der Waals surface area contributed by atoms with Crippen LogP contribution in [0, 0.1) is 5.92 Å². The van der Waals surface area contributed by atoms with Gasteiger partial charge in [0.25, 0.3) is 5.91 Å². The van der Waals surface area contributed by atoms with Crippen molar-refractivity contribution in [3.8, 4) is 0 Å². The summed E-state index contributed by atoms with van der Waals surface area (Å²) >= 11 is 0. The third-order valence-electron chi connectivity index (χ3n) is 4.62. The minimum absolute atomic E-state index is 0.00231. The van der Waals surface area contributed by atoms with Crippen LogP contribution in [0.4, 0.5) is 0 Å². The van der Waals surface area contributed by atoms with E-state index in [1.165, 1.54) is 7.05 Å². The SMILES string of the molecule is CN1N=C(C(=O)NCC(Cc2ccc3ccccc3c2)C(=O)O)CCC1=O. The van der Waals surface area contributed by atoms with E-state index < -0.39 is 17.8 Å². The van der Waals surface area contributed by atoms with Crippen LogP contribution in [0.25, 0.3) is 10.8 Å². The Balaban J connectivity index is 1.65. The number of fused-ring (bicyclic) bond motifs is 1. The molecule has 1 atom stereocenters. The smallest absolute Gasteiger partial charge is 0.308 e. The molecule has 0 spiro atoms. The number of aliphatic carboxylic acids is 1. The number of carbonyl (C=O) groups excluding carboxylic acids is 2. The zero-order valence-corrected chi connectivity index (χ0v) is 15.0. The molecule has 0 aromatic heterocycles. The Bertz CT molecular complexity index is 922. The number of hydrogen-bond donors (Lipinski definition) is 2. The number of carboxylic acids is 1. The van der Waals surface area contributed by atoms with Gasteiger partial charge in [-0.15, -0.1) is 0 Å². The van der Waals surface area contributed by atoms with Crippen molar-refractivity contribution in [2.75, 3.05) is 13.6 Å². The molecule has 140 valence electrons. The fraction of sp³-hybridized carbons (Fsp3) is 0.300. The van der Waals surface area contributed by atoms with E-state index in [9.17, 15) is 19.5 Å². The molecule has 2 N–H and O–H groups in total. The highest BCUT2D eigenvalue weighted by atomic mass is 16.4. The number of hydrazone groups is 1. The van der Waals surface area contributed by atoms with Crippen molar-refractivity contribution in [2.45, 2.75) is 19.3 Å². The normalized spacial score (nSPS) is 15.4.